The molecule has 1 saturated carbocycles. The van der Waals surface area contributed by atoms with Gasteiger partial charge in [0.25, 0.3) is 0 Å². The average molecular weight is 218 g/mol. The van der Waals surface area contributed by atoms with E-state index in [0.29, 0.717) is 0 Å². The third-order valence-corrected chi connectivity index (χ3v) is 3.43. The van der Waals surface area contributed by atoms with Crippen LogP contribution in [0.5, 0.6) is 0 Å². The Morgan fingerprint density at radius 3 is 2.75 bits per heavy atom. The Morgan fingerprint density at radius 1 is 1.38 bits per heavy atom. The second-order valence-electron chi connectivity index (χ2n) is 4.84. The van der Waals surface area contributed by atoms with Crippen molar-refractivity contribution >= 4 is 11.4 Å². The molecule has 1 aromatic carbocycles. The van der Waals surface area contributed by atoms with Gasteiger partial charge in [0.1, 0.15) is 0 Å². The minimum absolute atomic E-state index is 0.868. The van der Waals surface area contributed by atoms with Crippen LogP contribution in [0.25, 0.3) is 0 Å². The number of hydrogen-bond acceptors (Lipinski definition) is 2. The largest absolute Gasteiger partial charge is 0.399 e. The second-order valence-corrected chi connectivity index (χ2v) is 4.84. The molecule has 0 aliphatic heterocycles. The molecule has 0 heterocycles. The van der Waals surface area contributed by atoms with E-state index < -0.39 is 0 Å². The summed E-state index contributed by atoms with van der Waals surface area (Å²) in [5.41, 5.74) is 8.00. The van der Waals surface area contributed by atoms with Gasteiger partial charge in [-0.05, 0) is 43.4 Å². The third-order valence-electron chi connectivity index (χ3n) is 3.43. The van der Waals surface area contributed by atoms with E-state index in [-0.39, 0.29) is 0 Å². The Hall–Kier alpha value is -1.18. The molecule has 0 aromatic heterocycles. The molecule has 2 nitrogen and oxygen atoms in total. The van der Waals surface area contributed by atoms with Crippen LogP contribution in [0.4, 0.5) is 11.4 Å². The van der Waals surface area contributed by atoms with Gasteiger partial charge in [0.2, 0.25) is 0 Å². The molecule has 0 radical (unpaired) electrons. The quantitative estimate of drug-likeness (QED) is 0.768. The zero-order chi connectivity index (χ0) is 11.4. The van der Waals surface area contributed by atoms with Crippen molar-refractivity contribution in [1.82, 2.24) is 0 Å². The first-order chi connectivity index (χ1) is 7.79. The van der Waals surface area contributed by atoms with Crippen molar-refractivity contribution in [2.45, 2.75) is 32.6 Å². The molecule has 0 saturated heterocycles. The van der Waals surface area contributed by atoms with E-state index in [1.165, 1.54) is 37.9 Å². The second kappa shape index (κ2) is 5.24. The number of nitrogens with zero attached hydrogens (tertiary/aromatic N) is 1. The fourth-order valence-electron chi connectivity index (χ4n) is 2.30. The summed E-state index contributed by atoms with van der Waals surface area (Å²) in [5.74, 6) is 0.910. The first kappa shape index (κ1) is 11.3. The molecule has 2 N–H and O–H groups in total. The molecule has 1 aliphatic carbocycles. The highest BCUT2D eigenvalue weighted by Gasteiger charge is 2.20. The van der Waals surface area contributed by atoms with Crippen molar-refractivity contribution in [2.24, 2.45) is 5.92 Å². The lowest BCUT2D eigenvalue weighted by molar-refractivity contribution is 0.317. The van der Waals surface area contributed by atoms with Crippen LogP contribution in [-0.2, 0) is 0 Å². The molecular formula is C14H22N2. The van der Waals surface area contributed by atoms with E-state index in [0.717, 1.165) is 18.2 Å². The summed E-state index contributed by atoms with van der Waals surface area (Å²) in [6.45, 7) is 4.58. The van der Waals surface area contributed by atoms with Crippen LogP contribution in [0.1, 0.15) is 32.6 Å². The molecule has 2 heteroatoms. The lowest BCUT2D eigenvalue weighted by Crippen LogP contribution is -2.33. The number of rotatable bonds is 5. The van der Waals surface area contributed by atoms with Crippen LogP contribution in [0.3, 0.4) is 0 Å². The van der Waals surface area contributed by atoms with E-state index in [4.69, 9.17) is 5.73 Å². The minimum atomic E-state index is 0.868. The Labute approximate surface area is 98.4 Å². The Morgan fingerprint density at radius 2 is 2.19 bits per heavy atom. The Bertz CT molecular complexity index is 331. The highest BCUT2D eigenvalue weighted by Crippen LogP contribution is 2.29. The van der Waals surface area contributed by atoms with E-state index in [2.05, 4.69) is 24.0 Å². The molecular weight excluding hydrogens is 196 g/mol. The first-order valence-electron chi connectivity index (χ1n) is 6.40. The lowest BCUT2D eigenvalue weighted by atomic mass is 9.85. The normalized spacial score (nSPS) is 15.8. The Kier molecular flexibility index (Phi) is 3.70. The lowest BCUT2D eigenvalue weighted by Gasteiger charge is -2.33. The standard InChI is InChI=1S/C14H22N2/c1-2-9-16(11-12-5-3-6-12)14-8-4-7-13(15)10-14/h4,7-8,10,12H,2-3,5-6,9,11,15H2,1H3. The topological polar surface area (TPSA) is 29.3 Å². The monoisotopic (exact) mass is 218 g/mol. The van der Waals surface area contributed by atoms with Gasteiger partial charge in [0, 0.05) is 24.5 Å². The van der Waals surface area contributed by atoms with Gasteiger partial charge < -0.3 is 10.6 Å². The molecule has 1 aliphatic rings. The number of anilines is 2. The molecule has 88 valence electrons. The molecule has 1 fully saturated rings. The number of hydrogen-bond donors (Lipinski definition) is 1. The summed E-state index contributed by atoms with van der Waals surface area (Å²) < 4.78 is 0. The van der Waals surface area contributed by atoms with Crippen LogP contribution in [0.2, 0.25) is 0 Å². The maximum Gasteiger partial charge on any atom is 0.0386 e. The van der Waals surface area contributed by atoms with Crippen LogP contribution in [-0.4, -0.2) is 13.1 Å². The van der Waals surface area contributed by atoms with E-state index in [1.807, 2.05) is 12.1 Å². The molecule has 1 aromatic rings. The third kappa shape index (κ3) is 2.69. The van der Waals surface area contributed by atoms with Gasteiger partial charge in [-0.1, -0.05) is 19.4 Å². The zero-order valence-electron chi connectivity index (χ0n) is 10.2. The molecule has 0 atom stereocenters. The summed E-state index contributed by atoms with van der Waals surface area (Å²) in [7, 11) is 0. The predicted molar refractivity (Wildman–Crippen MR) is 70.7 cm³/mol. The summed E-state index contributed by atoms with van der Waals surface area (Å²) >= 11 is 0. The van der Waals surface area contributed by atoms with Gasteiger partial charge in [0.15, 0.2) is 0 Å². The summed E-state index contributed by atoms with van der Waals surface area (Å²) in [6.07, 6.45) is 5.42. The molecule has 0 bridgehead atoms. The van der Waals surface area contributed by atoms with Crippen molar-refractivity contribution in [1.29, 1.82) is 0 Å². The maximum atomic E-state index is 5.84. The summed E-state index contributed by atoms with van der Waals surface area (Å²) in [5, 5.41) is 0. The van der Waals surface area contributed by atoms with Crippen molar-refractivity contribution < 1.29 is 0 Å². The molecule has 0 unspecified atom stereocenters. The van der Waals surface area contributed by atoms with Gasteiger partial charge in [0.05, 0.1) is 0 Å². The number of nitrogen functional groups attached to an aromatic ring is 1. The van der Waals surface area contributed by atoms with Crippen molar-refractivity contribution in [3.05, 3.63) is 24.3 Å². The van der Waals surface area contributed by atoms with Gasteiger partial charge in [-0.3, -0.25) is 0 Å². The molecule has 0 spiro atoms. The van der Waals surface area contributed by atoms with Gasteiger partial charge in [-0.2, -0.15) is 0 Å². The van der Waals surface area contributed by atoms with E-state index in [1.54, 1.807) is 0 Å². The van der Waals surface area contributed by atoms with Gasteiger partial charge in [-0.25, -0.2) is 0 Å². The minimum Gasteiger partial charge on any atom is -0.399 e. The highest BCUT2D eigenvalue weighted by molar-refractivity contribution is 5.55. The van der Waals surface area contributed by atoms with E-state index in [9.17, 15) is 0 Å². The van der Waals surface area contributed by atoms with Crippen molar-refractivity contribution in [2.75, 3.05) is 23.7 Å². The summed E-state index contributed by atoms with van der Waals surface area (Å²) in [4.78, 5) is 2.49. The average Bonchev–Trinajstić information content (AvgIpc) is 2.21. The zero-order valence-corrected chi connectivity index (χ0v) is 10.2. The van der Waals surface area contributed by atoms with Gasteiger partial charge >= 0.3 is 0 Å². The van der Waals surface area contributed by atoms with Crippen LogP contribution in [0, 0.1) is 5.92 Å². The van der Waals surface area contributed by atoms with Gasteiger partial charge in [-0.15, -0.1) is 0 Å². The fraction of sp³-hybridized carbons (Fsp3) is 0.571. The SMILES string of the molecule is CCCN(CC1CCC1)c1cccc(N)c1. The highest BCUT2D eigenvalue weighted by atomic mass is 15.1. The van der Waals surface area contributed by atoms with Crippen LogP contribution < -0.4 is 10.6 Å². The molecule has 0 amide bonds. The maximum absolute atomic E-state index is 5.84. The number of benzene rings is 1. The van der Waals surface area contributed by atoms with Crippen molar-refractivity contribution in [3.8, 4) is 0 Å². The number of nitrogens with two attached hydrogens (primary N) is 1. The Balaban J connectivity index is 2.04. The molecule has 2 rings (SSSR count). The predicted octanol–water partition coefficient (Wildman–Crippen LogP) is 3.29. The van der Waals surface area contributed by atoms with Crippen molar-refractivity contribution in [3.63, 3.8) is 0 Å². The molecule has 16 heavy (non-hydrogen) atoms. The summed E-state index contributed by atoms with van der Waals surface area (Å²) in [6, 6.07) is 8.27. The fourth-order valence-corrected chi connectivity index (χ4v) is 2.30. The van der Waals surface area contributed by atoms with E-state index >= 15 is 0 Å². The first-order valence-corrected chi connectivity index (χ1v) is 6.40. The smallest absolute Gasteiger partial charge is 0.0386 e. The van der Waals surface area contributed by atoms with Crippen LogP contribution >= 0.6 is 0 Å². The van der Waals surface area contributed by atoms with Crippen LogP contribution in [0.15, 0.2) is 24.3 Å².